The summed E-state index contributed by atoms with van der Waals surface area (Å²) in [5.41, 5.74) is 2.14. The molecule has 0 bridgehead atoms. The van der Waals surface area contributed by atoms with Gasteiger partial charge in [0, 0.05) is 10.4 Å². The van der Waals surface area contributed by atoms with Gasteiger partial charge in [0.1, 0.15) is 5.84 Å². The first-order valence-corrected chi connectivity index (χ1v) is 7.51. The van der Waals surface area contributed by atoms with Crippen LogP contribution in [0.2, 0.25) is 0 Å². The Hall–Kier alpha value is -1.28. The fraction of sp³-hybridized carbons (Fsp3) is 0.571. The van der Waals surface area contributed by atoms with Gasteiger partial charge in [0.2, 0.25) is 5.88 Å². The lowest BCUT2D eigenvalue weighted by molar-refractivity contribution is 0.193. The first-order chi connectivity index (χ1) is 9.13. The first-order valence-electron chi connectivity index (χ1n) is 6.60. The molecule has 0 aromatic rings. The molecule has 0 aromatic heterocycles. The molecule has 0 unspecified atom stereocenters. The molecule has 100 valence electrons. The van der Waals surface area contributed by atoms with Gasteiger partial charge in [-0.15, -0.1) is 5.26 Å². The third kappa shape index (κ3) is 1.90. The van der Waals surface area contributed by atoms with Crippen LogP contribution in [0.25, 0.3) is 0 Å². The largest absolute Gasteiger partial charge is 0.369 e. The van der Waals surface area contributed by atoms with Crippen LogP contribution in [0.5, 0.6) is 0 Å². The minimum Gasteiger partial charge on any atom is -0.369 e. The number of ether oxygens (including phenoxy) is 1. The lowest BCUT2D eigenvalue weighted by Gasteiger charge is -2.38. The molecule has 0 N–H and O–H groups in total. The number of fused-ring (bicyclic) bond motifs is 3. The zero-order valence-electron chi connectivity index (χ0n) is 11.1. The van der Waals surface area contributed by atoms with Crippen molar-refractivity contribution in [2.45, 2.75) is 50.0 Å². The maximum atomic E-state index is 8.88. The van der Waals surface area contributed by atoms with Crippen LogP contribution >= 0.6 is 15.9 Å². The van der Waals surface area contributed by atoms with Crippen molar-refractivity contribution in [2.24, 2.45) is 4.99 Å². The number of halogens is 1. The van der Waals surface area contributed by atoms with Gasteiger partial charge in [-0.05, 0) is 38.3 Å². The van der Waals surface area contributed by atoms with E-state index in [1.165, 1.54) is 6.42 Å². The van der Waals surface area contributed by atoms with Crippen molar-refractivity contribution in [3.05, 3.63) is 23.1 Å². The van der Waals surface area contributed by atoms with Crippen LogP contribution in [-0.4, -0.2) is 27.6 Å². The standard InChI is InChI=1S/C14H16BrN3O/c1-8-6-9(2)14(19-7-16)18-12-10(15)4-3-5-11(12)17-13(8)18/h6,10-12H,3-5H2,1-2H3/t10-,11-,12+/m1/s1. The molecule has 1 aliphatic carbocycles. The molecule has 1 saturated carbocycles. The van der Waals surface area contributed by atoms with Gasteiger partial charge in [-0.3, -0.25) is 9.89 Å². The topological polar surface area (TPSA) is 48.6 Å². The monoisotopic (exact) mass is 321 g/mol. The molecule has 1 fully saturated rings. The lowest BCUT2D eigenvalue weighted by Crippen LogP contribution is -2.48. The lowest BCUT2D eigenvalue weighted by atomic mass is 9.90. The second-order valence-electron chi connectivity index (χ2n) is 5.34. The number of rotatable bonds is 1. The second-order valence-corrected chi connectivity index (χ2v) is 6.51. The number of hydrogen-bond acceptors (Lipinski definition) is 4. The molecule has 3 atom stereocenters. The predicted molar refractivity (Wildman–Crippen MR) is 76.6 cm³/mol. The van der Waals surface area contributed by atoms with E-state index in [1.54, 1.807) is 6.26 Å². The average molecular weight is 322 g/mol. The summed E-state index contributed by atoms with van der Waals surface area (Å²) >= 11 is 3.78. The maximum absolute atomic E-state index is 8.88. The van der Waals surface area contributed by atoms with Crippen LogP contribution in [0.4, 0.5) is 0 Å². The molecule has 0 amide bonds. The van der Waals surface area contributed by atoms with Crippen LogP contribution in [0.3, 0.4) is 0 Å². The molecule has 3 rings (SSSR count). The van der Waals surface area contributed by atoms with Crippen molar-refractivity contribution in [1.82, 2.24) is 4.90 Å². The number of alkyl halides is 1. The number of allylic oxidation sites excluding steroid dienone is 2. The zero-order chi connectivity index (χ0) is 13.6. The third-order valence-corrected chi connectivity index (χ3v) is 5.04. The smallest absolute Gasteiger partial charge is 0.293 e. The van der Waals surface area contributed by atoms with Crippen LogP contribution < -0.4 is 0 Å². The molecule has 5 heteroatoms. The van der Waals surface area contributed by atoms with E-state index in [4.69, 9.17) is 15.0 Å². The maximum Gasteiger partial charge on any atom is 0.293 e. The van der Waals surface area contributed by atoms with E-state index in [0.717, 1.165) is 29.8 Å². The second kappa shape index (κ2) is 4.68. The SMILES string of the molecule is CC1=CC(C)=C(OC#N)N2C1=N[C@@H]1CCC[C@@H](Br)[C@@H]12. The highest BCUT2D eigenvalue weighted by Gasteiger charge is 2.46. The first kappa shape index (κ1) is 12.7. The van der Waals surface area contributed by atoms with E-state index >= 15 is 0 Å². The summed E-state index contributed by atoms with van der Waals surface area (Å²) in [6, 6.07) is 0.574. The minimum absolute atomic E-state index is 0.269. The minimum atomic E-state index is 0.269. The summed E-state index contributed by atoms with van der Waals surface area (Å²) in [6.45, 7) is 4.05. The van der Waals surface area contributed by atoms with Crippen LogP contribution in [-0.2, 0) is 4.74 Å². The van der Waals surface area contributed by atoms with Gasteiger partial charge in [0.25, 0.3) is 6.26 Å². The van der Waals surface area contributed by atoms with Crippen molar-refractivity contribution in [1.29, 1.82) is 5.26 Å². The van der Waals surface area contributed by atoms with Crippen LogP contribution in [0.15, 0.2) is 28.1 Å². The Labute approximate surface area is 121 Å². The van der Waals surface area contributed by atoms with Gasteiger partial charge < -0.3 is 4.74 Å². The Kier molecular flexibility index (Phi) is 3.14. The number of nitriles is 1. The van der Waals surface area contributed by atoms with E-state index in [-0.39, 0.29) is 6.04 Å². The molecular formula is C14H16BrN3O. The Morgan fingerprint density at radius 2 is 2.26 bits per heavy atom. The predicted octanol–water partition coefficient (Wildman–Crippen LogP) is 3.07. The number of aliphatic imine (C=N–C) groups is 1. The van der Waals surface area contributed by atoms with E-state index < -0.39 is 0 Å². The Bertz CT molecular complexity index is 543. The molecule has 0 saturated heterocycles. The van der Waals surface area contributed by atoms with Gasteiger partial charge in [0.05, 0.1) is 12.1 Å². The summed E-state index contributed by atoms with van der Waals surface area (Å²) < 4.78 is 5.22. The molecule has 0 spiro atoms. The number of nitrogens with zero attached hydrogens (tertiary/aromatic N) is 3. The summed E-state index contributed by atoms with van der Waals surface area (Å²) in [7, 11) is 0. The van der Waals surface area contributed by atoms with Gasteiger partial charge >= 0.3 is 0 Å². The number of hydrogen-bond donors (Lipinski definition) is 0. The van der Waals surface area contributed by atoms with E-state index in [2.05, 4.69) is 27.8 Å². The van der Waals surface area contributed by atoms with Crippen LogP contribution in [0, 0.1) is 11.5 Å². The molecule has 4 nitrogen and oxygen atoms in total. The average Bonchev–Trinajstić information content (AvgIpc) is 2.76. The highest BCUT2D eigenvalue weighted by molar-refractivity contribution is 9.09. The van der Waals surface area contributed by atoms with Crippen LogP contribution in [0.1, 0.15) is 33.1 Å². The van der Waals surface area contributed by atoms with Crippen molar-refractivity contribution in [3.63, 3.8) is 0 Å². The molecule has 3 aliphatic rings. The third-order valence-electron chi connectivity index (χ3n) is 4.04. The normalized spacial score (nSPS) is 33.2. The highest BCUT2D eigenvalue weighted by atomic mass is 79.9. The molecule has 2 aliphatic heterocycles. The van der Waals surface area contributed by atoms with Crippen molar-refractivity contribution >= 4 is 21.8 Å². The van der Waals surface area contributed by atoms with Crippen molar-refractivity contribution in [3.8, 4) is 6.26 Å². The van der Waals surface area contributed by atoms with E-state index in [0.29, 0.717) is 16.8 Å². The van der Waals surface area contributed by atoms with Crippen molar-refractivity contribution < 1.29 is 4.74 Å². The molecule has 2 heterocycles. The number of amidine groups is 1. The molecule has 0 aromatic carbocycles. The summed E-state index contributed by atoms with van der Waals surface area (Å²) in [5, 5.41) is 8.88. The fourth-order valence-corrected chi connectivity index (χ4v) is 4.19. The quantitative estimate of drug-likeness (QED) is 0.551. The summed E-state index contributed by atoms with van der Waals surface area (Å²) in [4.78, 5) is 7.37. The molecular weight excluding hydrogens is 306 g/mol. The Morgan fingerprint density at radius 3 is 3.00 bits per heavy atom. The van der Waals surface area contributed by atoms with Gasteiger partial charge in [-0.2, -0.15) is 0 Å². The Morgan fingerprint density at radius 1 is 1.47 bits per heavy atom. The summed E-state index contributed by atoms with van der Waals surface area (Å²) in [5.74, 6) is 1.61. The van der Waals surface area contributed by atoms with Gasteiger partial charge in [0.15, 0.2) is 0 Å². The summed E-state index contributed by atoms with van der Waals surface area (Å²) in [6.07, 6.45) is 7.30. The highest BCUT2D eigenvalue weighted by Crippen LogP contribution is 2.40. The van der Waals surface area contributed by atoms with Gasteiger partial charge in [-0.25, -0.2) is 0 Å². The Balaban J connectivity index is 2.06. The zero-order valence-corrected chi connectivity index (χ0v) is 12.6. The molecule has 0 radical (unpaired) electrons. The van der Waals surface area contributed by atoms with E-state index in [1.807, 2.05) is 13.0 Å². The molecule has 19 heavy (non-hydrogen) atoms. The van der Waals surface area contributed by atoms with Gasteiger partial charge in [-0.1, -0.05) is 22.4 Å². The fourth-order valence-electron chi connectivity index (χ4n) is 3.28. The van der Waals surface area contributed by atoms with E-state index in [9.17, 15) is 0 Å². The van der Waals surface area contributed by atoms with Crippen molar-refractivity contribution in [2.75, 3.05) is 0 Å².